The van der Waals surface area contributed by atoms with Gasteiger partial charge in [-0.05, 0) is 73.7 Å². The first-order chi connectivity index (χ1) is 14.1. The van der Waals surface area contributed by atoms with E-state index in [0.29, 0.717) is 17.4 Å². The lowest BCUT2D eigenvalue weighted by atomic mass is 9.87. The Bertz CT molecular complexity index is 1030. The number of aryl methyl sites for hydroxylation is 1. The molecule has 0 radical (unpaired) electrons. The fourth-order valence-corrected chi connectivity index (χ4v) is 4.31. The number of benzene rings is 2. The Hall–Kier alpha value is -2.59. The molecule has 1 aliphatic rings. The molecule has 0 bridgehead atoms. The fourth-order valence-electron chi connectivity index (χ4n) is 4.12. The summed E-state index contributed by atoms with van der Waals surface area (Å²) >= 11 is 6.06. The number of pyridine rings is 1. The summed E-state index contributed by atoms with van der Waals surface area (Å²) in [6, 6.07) is 15.5. The molecule has 5 heteroatoms. The molecule has 1 aliphatic carbocycles. The molecule has 0 atom stereocenters. The van der Waals surface area contributed by atoms with Crippen LogP contribution in [0.2, 0.25) is 5.02 Å². The number of hydrogen-bond acceptors (Lipinski definition) is 3. The van der Waals surface area contributed by atoms with Crippen molar-refractivity contribution < 1.29 is 4.79 Å². The average molecular weight is 408 g/mol. The Morgan fingerprint density at radius 2 is 1.90 bits per heavy atom. The summed E-state index contributed by atoms with van der Waals surface area (Å²) in [5, 5.41) is 8.10. The van der Waals surface area contributed by atoms with Crippen molar-refractivity contribution in [2.75, 3.05) is 10.6 Å². The molecule has 29 heavy (non-hydrogen) atoms. The lowest BCUT2D eigenvalue weighted by Gasteiger charge is -2.20. The predicted molar refractivity (Wildman–Crippen MR) is 121 cm³/mol. The first-order valence-corrected chi connectivity index (χ1v) is 10.7. The molecule has 1 aromatic heterocycles. The molecule has 150 valence electrons. The summed E-state index contributed by atoms with van der Waals surface area (Å²) in [7, 11) is 0. The molecule has 0 unspecified atom stereocenters. The van der Waals surface area contributed by atoms with Gasteiger partial charge in [-0.25, -0.2) is 4.98 Å². The molecule has 2 N–H and O–H groups in total. The van der Waals surface area contributed by atoms with Gasteiger partial charge in [0.1, 0.15) is 5.82 Å². The maximum atomic E-state index is 12.4. The second kappa shape index (κ2) is 8.83. The van der Waals surface area contributed by atoms with Gasteiger partial charge in [0.15, 0.2) is 0 Å². The average Bonchev–Trinajstić information content (AvgIpc) is 2.69. The van der Waals surface area contributed by atoms with Crippen LogP contribution in [0.25, 0.3) is 10.9 Å². The van der Waals surface area contributed by atoms with Gasteiger partial charge in [-0.1, -0.05) is 36.9 Å². The zero-order valence-corrected chi connectivity index (χ0v) is 17.4. The lowest BCUT2D eigenvalue weighted by molar-refractivity contribution is -0.117. The van der Waals surface area contributed by atoms with Crippen LogP contribution in [0.1, 0.15) is 44.1 Å². The molecule has 4 nitrogen and oxygen atoms in total. The van der Waals surface area contributed by atoms with Crippen LogP contribution < -0.4 is 10.6 Å². The van der Waals surface area contributed by atoms with Gasteiger partial charge in [-0.3, -0.25) is 4.79 Å². The van der Waals surface area contributed by atoms with E-state index in [4.69, 9.17) is 16.6 Å². The van der Waals surface area contributed by atoms with Crippen molar-refractivity contribution in [1.82, 2.24) is 4.98 Å². The smallest absolute Gasteiger partial charge is 0.224 e. The third-order valence-electron chi connectivity index (χ3n) is 5.60. The van der Waals surface area contributed by atoms with Crippen molar-refractivity contribution in [2.24, 2.45) is 5.92 Å². The summed E-state index contributed by atoms with van der Waals surface area (Å²) < 4.78 is 0. The van der Waals surface area contributed by atoms with Crippen LogP contribution in [0.5, 0.6) is 0 Å². The summed E-state index contributed by atoms with van der Waals surface area (Å²) in [6.45, 7) is 2.06. The highest BCUT2D eigenvalue weighted by molar-refractivity contribution is 6.30. The number of rotatable bonds is 5. The van der Waals surface area contributed by atoms with E-state index in [2.05, 4.69) is 17.6 Å². The van der Waals surface area contributed by atoms with E-state index >= 15 is 0 Å². The zero-order valence-electron chi connectivity index (χ0n) is 16.7. The summed E-state index contributed by atoms with van der Waals surface area (Å²) in [6.07, 6.45) is 6.79. The minimum absolute atomic E-state index is 0.112. The molecular formula is C24H26ClN3O. The van der Waals surface area contributed by atoms with Crippen LogP contribution in [0.4, 0.5) is 17.2 Å². The molecule has 1 amide bonds. The van der Waals surface area contributed by atoms with E-state index in [1.807, 2.05) is 48.5 Å². The number of nitrogens with one attached hydrogen (secondary N) is 2. The Labute approximate surface area is 176 Å². The molecule has 3 aromatic rings. The number of amides is 1. The molecule has 0 saturated heterocycles. The largest absolute Gasteiger partial charge is 0.340 e. The topological polar surface area (TPSA) is 54.0 Å². The molecule has 4 rings (SSSR count). The highest BCUT2D eigenvalue weighted by atomic mass is 35.5. The molecule has 1 fully saturated rings. The quantitative estimate of drug-likeness (QED) is 0.486. The van der Waals surface area contributed by atoms with Gasteiger partial charge < -0.3 is 10.6 Å². The molecular weight excluding hydrogens is 382 g/mol. The maximum Gasteiger partial charge on any atom is 0.224 e. The fraction of sp³-hybridized carbons (Fsp3) is 0.333. The third-order valence-corrected chi connectivity index (χ3v) is 5.83. The number of carbonyl (C=O) groups excluding carboxylic acids is 1. The van der Waals surface area contributed by atoms with Gasteiger partial charge in [0, 0.05) is 28.2 Å². The summed E-state index contributed by atoms with van der Waals surface area (Å²) in [5.74, 6) is 1.42. The van der Waals surface area contributed by atoms with Gasteiger partial charge in [0.05, 0.1) is 5.52 Å². The number of halogens is 1. The second-order valence-electron chi connectivity index (χ2n) is 7.95. The first kappa shape index (κ1) is 19.7. The third kappa shape index (κ3) is 5.07. The van der Waals surface area contributed by atoms with Gasteiger partial charge in [-0.2, -0.15) is 0 Å². The zero-order chi connectivity index (χ0) is 20.2. The number of hydrogen-bond donors (Lipinski definition) is 2. The molecule has 1 saturated carbocycles. The van der Waals surface area contributed by atoms with Crippen molar-refractivity contribution in [3.63, 3.8) is 0 Å². The Morgan fingerprint density at radius 3 is 2.69 bits per heavy atom. The van der Waals surface area contributed by atoms with Crippen molar-refractivity contribution in [3.05, 3.63) is 59.1 Å². The van der Waals surface area contributed by atoms with E-state index in [1.54, 1.807) is 0 Å². The number of aromatic nitrogens is 1. The number of anilines is 3. The standard InChI is InChI=1S/C24H26ClN3O/c1-16-12-23(26-19-9-5-8-18(25)14-19)28-22-11-10-20(15-21(16)22)27-24(29)13-17-6-3-2-4-7-17/h5,8-12,14-15,17H,2-4,6-7,13H2,1H3,(H,26,28)(H,27,29). The normalized spacial score (nSPS) is 14.7. The van der Waals surface area contributed by atoms with Crippen LogP contribution in [-0.4, -0.2) is 10.9 Å². The lowest BCUT2D eigenvalue weighted by Crippen LogP contribution is -2.18. The Kier molecular flexibility index (Phi) is 6.00. The van der Waals surface area contributed by atoms with Gasteiger partial charge >= 0.3 is 0 Å². The Balaban J connectivity index is 1.49. The van der Waals surface area contributed by atoms with Crippen molar-refractivity contribution in [2.45, 2.75) is 45.4 Å². The molecule has 0 aliphatic heterocycles. The summed E-state index contributed by atoms with van der Waals surface area (Å²) in [5.41, 5.74) is 3.72. The first-order valence-electron chi connectivity index (χ1n) is 10.3. The second-order valence-corrected chi connectivity index (χ2v) is 8.38. The van der Waals surface area contributed by atoms with Crippen molar-refractivity contribution >= 4 is 45.6 Å². The SMILES string of the molecule is Cc1cc(Nc2cccc(Cl)c2)nc2ccc(NC(=O)CC3CCCCC3)cc12. The van der Waals surface area contributed by atoms with Crippen molar-refractivity contribution in [1.29, 1.82) is 0 Å². The van der Waals surface area contributed by atoms with E-state index < -0.39 is 0 Å². The minimum Gasteiger partial charge on any atom is -0.340 e. The molecule has 0 spiro atoms. The van der Waals surface area contributed by atoms with Crippen LogP contribution in [0, 0.1) is 12.8 Å². The van der Waals surface area contributed by atoms with Gasteiger partial charge in [0.2, 0.25) is 5.91 Å². The van der Waals surface area contributed by atoms with Crippen molar-refractivity contribution in [3.8, 4) is 0 Å². The Morgan fingerprint density at radius 1 is 1.07 bits per heavy atom. The van der Waals surface area contributed by atoms with Crippen LogP contribution in [-0.2, 0) is 4.79 Å². The minimum atomic E-state index is 0.112. The van der Waals surface area contributed by atoms with E-state index in [9.17, 15) is 4.79 Å². The number of carbonyl (C=O) groups is 1. The van der Waals surface area contributed by atoms with E-state index in [-0.39, 0.29) is 5.91 Å². The number of fused-ring (bicyclic) bond motifs is 1. The van der Waals surface area contributed by atoms with Crippen LogP contribution in [0.3, 0.4) is 0 Å². The monoisotopic (exact) mass is 407 g/mol. The van der Waals surface area contributed by atoms with Gasteiger partial charge in [-0.15, -0.1) is 0 Å². The highest BCUT2D eigenvalue weighted by Gasteiger charge is 2.17. The predicted octanol–water partition coefficient (Wildman–Crippen LogP) is 6.85. The van der Waals surface area contributed by atoms with E-state index in [0.717, 1.165) is 33.7 Å². The highest BCUT2D eigenvalue weighted by Crippen LogP contribution is 2.28. The van der Waals surface area contributed by atoms with E-state index in [1.165, 1.54) is 32.1 Å². The molecule has 2 aromatic carbocycles. The summed E-state index contributed by atoms with van der Waals surface area (Å²) in [4.78, 5) is 17.1. The van der Waals surface area contributed by atoms with Crippen LogP contribution in [0.15, 0.2) is 48.5 Å². The van der Waals surface area contributed by atoms with Crippen LogP contribution >= 0.6 is 11.6 Å². The molecule has 1 heterocycles. The number of nitrogens with zero attached hydrogens (tertiary/aromatic N) is 1. The van der Waals surface area contributed by atoms with Gasteiger partial charge in [0.25, 0.3) is 0 Å². The maximum absolute atomic E-state index is 12.4.